The molecule has 1 saturated carbocycles. The number of esters is 2. The van der Waals surface area contributed by atoms with Gasteiger partial charge in [-0.25, -0.2) is 4.79 Å². The number of alkyl halides is 7. The molecule has 1 aliphatic carbocycles. The molecule has 0 aromatic rings. The summed E-state index contributed by atoms with van der Waals surface area (Å²) in [7, 11) is -6.50. The van der Waals surface area contributed by atoms with Crippen LogP contribution in [0.5, 0.6) is 0 Å². The van der Waals surface area contributed by atoms with Gasteiger partial charge in [-0.1, -0.05) is 19.3 Å². The molecule has 1 rings (SSSR count). The van der Waals surface area contributed by atoms with Gasteiger partial charge in [0.05, 0.1) is 18.6 Å². The molecule has 9 nitrogen and oxygen atoms in total. The first-order valence-corrected chi connectivity index (χ1v) is 12.2. The van der Waals surface area contributed by atoms with Crippen molar-refractivity contribution in [2.75, 3.05) is 13.2 Å². The SMILES string of the molecule is CC(O)COC(=O)C(OCCCCC(F)(F)C(F)(F)S(=O)(=O)O)(OC(=O)C1CCCCC1)C(F)(F)F. The van der Waals surface area contributed by atoms with Crippen molar-refractivity contribution in [3.63, 3.8) is 0 Å². The molecule has 36 heavy (non-hydrogen) atoms. The highest BCUT2D eigenvalue weighted by atomic mass is 32.2. The van der Waals surface area contributed by atoms with Gasteiger partial charge >= 0.3 is 45.2 Å². The lowest BCUT2D eigenvalue weighted by atomic mass is 9.89. The predicted octanol–water partition coefficient (Wildman–Crippen LogP) is 3.60. The highest BCUT2D eigenvalue weighted by Crippen LogP contribution is 2.42. The van der Waals surface area contributed by atoms with Crippen LogP contribution >= 0.6 is 0 Å². The highest BCUT2D eigenvalue weighted by molar-refractivity contribution is 7.87. The van der Waals surface area contributed by atoms with Gasteiger partial charge in [0.2, 0.25) is 0 Å². The van der Waals surface area contributed by atoms with Gasteiger partial charge in [0, 0.05) is 6.42 Å². The molecule has 1 fully saturated rings. The van der Waals surface area contributed by atoms with E-state index < -0.39 is 89.7 Å². The number of unbranched alkanes of at least 4 members (excludes halogenated alkanes) is 1. The molecule has 0 aromatic heterocycles. The van der Waals surface area contributed by atoms with Crippen LogP contribution in [0.4, 0.5) is 30.7 Å². The fourth-order valence-corrected chi connectivity index (χ4v) is 3.72. The molecule has 17 heteroatoms. The van der Waals surface area contributed by atoms with Gasteiger partial charge in [-0.15, -0.1) is 0 Å². The van der Waals surface area contributed by atoms with Crippen molar-refractivity contribution in [2.45, 2.75) is 87.5 Å². The Balaban J connectivity index is 3.03. The van der Waals surface area contributed by atoms with Crippen molar-refractivity contribution in [3.05, 3.63) is 0 Å². The third-order valence-corrected chi connectivity index (χ3v) is 6.17. The smallest absolute Gasteiger partial charge is 0.458 e. The second kappa shape index (κ2) is 12.2. The predicted molar refractivity (Wildman–Crippen MR) is 105 cm³/mol. The first-order valence-electron chi connectivity index (χ1n) is 10.8. The summed E-state index contributed by atoms with van der Waals surface area (Å²) >= 11 is 0. The summed E-state index contributed by atoms with van der Waals surface area (Å²) in [4.78, 5) is 24.7. The summed E-state index contributed by atoms with van der Waals surface area (Å²) in [5, 5.41) is 3.34. The summed E-state index contributed by atoms with van der Waals surface area (Å²) in [6.45, 7) is -1.12. The van der Waals surface area contributed by atoms with Crippen LogP contribution in [0.1, 0.15) is 58.3 Å². The maximum atomic E-state index is 14.0. The largest absolute Gasteiger partial charge is 0.468 e. The standard InChI is InChI=1S/C19H27F7O9S/c1-12(27)11-33-15(29)17(18(22,23)24,35-14(28)13-7-3-2-4-8-13)34-10-6-5-9-16(20,21)19(25,26)36(30,31)32/h12-13,27H,2-11H2,1H3,(H,30,31,32). The number of rotatable bonds is 13. The number of halogens is 7. The molecule has 0 aliphatic heterocycles. The number of aliphatic hydroxyl groups excluding tert-OH is 1. The van der Waals surface area contributed by atoms with E-state index in [-0.39, 0.29) is 12.8 Å². The zero-order valence-corrected chi connectivity index (χ0v) is 19.8. The summed E-state index contributed by atoms with van der Waals surface area (Å²) in [6, 6.07) is 0. The van der Waals surface area contributed by atoms with E-state index in [0.29, 0.717) is 12.8 Å². The molecule has 0 bridgehead atoms. The topological polar surface area (TPSA) is 136 Å². The lowest BCUT2D eigenvalue weighted by Gasteiger charge is -2.34. The third-order valence-electron chi connectivity index (χ3n) is 5.22. The average Bonchev–Trinajstić information content (AvgIpc) is 2.75. The number of hydrogen-bond donors (Lipinski definition) is 2. The quantitative estimate of drug-likeness (QED) is 0.113. The zero-order chi connectivity index (χ0) is 28.0. The van der Waals surface area contributed by atoms with Crippen molar-refractivity contribution in [3.8, 4) is 0 Å². The molecule has 0 aromatic carbocycles. The molecule has 0 saturated heterocycles. The molecule has 212 valence electrons. The number of ether oxygens (including phenoxy) is 3. The highest BCUT2D eigenvalue weighted by Gasteiger charge is 2.68. The van der Waals surface area contributed by atoms with Crippen LogP contribution in [0, 0.1) is 5.92 Å². The molecule has 0 spiro atoms. The minimum absolute atomic E-state index is 0.173. The van der Waals surface area contributed by atoms with E-state index in [9.17, 15) is 53.8 Å². The third kappa shape index (κ3) is 7.89. The van der Waals surface area contributed by atoms with Gasteiger partial charge < -0.3 is 19.3 Å². The zero-order valence-electron chi connectivity index (χ0n) is 19.0. The van der Waals surface area contributed by atoms with Gasteiger partial charge in [0.25, 0.3) is 0 Å². The van der Waals surface area contributed by atoms with Gasteiger partial charge in [0.1, 0.15) is 6.61 Å². The first-order chi connectivity index (χ1) is 16.3. The number of hydrogen-bond acceptors (Lipinski definition) is 8. The molecule has 0 radical (unpaired) electrons. The molecule has 0 heterocycles. The van der Waals surface area contributed by atoms with Crippen LogP contribution in [0.15, 0.2) is 0 Å². The van der Waals surface area contributed by atoms with E-state index in [1.165, 1.54) is 0 Å². The fourth-order valence-electron chi connectivity index (χ4n) is 3.24. The summed E-state index contributed by atoms with van der Waals surface area (Å²) in [5.74, 6) is -14.3. The van der Waals surface area contributed by atoms with Gasteiger partial charge in [0.15, 0.2) is 0 Å². The van der Waals surface area contributed by atoms with Crippen LogP contribution < -0.4 is 0 Å². The Hall–Kier alpha value is -1.72. The maximum Gasteiger partial charge on any atom is 0.468 e. The van der Waals surface area contributed by atoms with Crippen molar-refractivity contribution in [2.24, 2.45) is 5.92 Å². The van der Waals surface area contributed by atoms with E-state index in [1.54, 1.807) is 0 Å². The Morgan fingerprint density at radius 1 is 1.00 bits per heavy atom. The van der Waals surface area contributed by atoms with Crippen molar-refractivity contribution >= 4 is 22.1 Å². The van der Waals surface area contributed by atoms with Gasteiger partial charge in [-0.3, -0.25) is 9.35 Å². The van der Waals surface area contributed by atoms with Crippen molar-refractivity contribution in [1.29, 1.82) is 0 Å². The van der Waals surface area contributed by atoms with Crippen LogP contribution in [0.3, 0.4) is 0 Å². The van der Waals surface area contributed by atoms with E-state index in [4.69, 9.17) is 4.55 Å². The lowest BCUT2D eigenvalue weighted by molar-refractivity contribution is -0.357. The summed E-state index contributed by atoms with van der Waals surface area (Å²) < 4.78 is 138. The molecule has 2 atom stereocenters. The summed E-state index contributed by atoms with van der Waals surface area (Å²) in [5.41, 5.74) is 0. The fraction of sp³-hybridized carbons (Fsp3) is 0.895. The summed E-state index contributed by atoms with van der Waals surface area (Å²) in [6.07, 6.45) is -8.87. The Morgan fingerprint density at radius 3 is 2.03 bits per heavy atom. The Kier molecular flexibility index (Phi) is 11.0. The van der Waals surface area contributed by atoms with Crippen LogP contribution in [-0.2, 0) is 33.9 Å². The molecular formula is C19H27F7O9S. The molecule has 1 aliphatic rings. The van der Waals surface area contributed by atoms with Crippen molar-refractivity contribution < 1.29 is 72.6 Å². The number of carbonyl (C=O) groups excluding carboxylic acids is 2. The Bertz CT molecular complexity index is 856. The van der Waals surface area contributed by atoms with Gasteiger partial charge in [-0.05, 0) is 32.6 Å². The molecule has 2 unspecified atom stereocenters. The average molecular weight is 564 g/mol. The van der Waals surface area contributed by atoms with Crippen LogP contribution in [0.25, 0.3) is 0 Å². The molecule has 0 amide bonds. The first kappa shape index (κ1) is 32.3. The minimum atomic E-state index is -6.50. The number of carbonyl (C=O) groups is 2. The number of aliphatic hydroxyl groups is 1. The van der Waals surface area contributed by atoms with E-state index in [0.717, 1.165) is 13.3 Å². The lowest BCUT2D eigenvalue weighted by Crippen LogP contribution is -2.59. The Labute approximate surface area is 202 Å². The Morgan fingerprint density at radius 2 is 1.56 bits per heavy atom. The van der Waals surface area contributed by atoms with Gasteiger partial charge in [-0.2, -0.15) is 39.2 Å². The molecular weight excluding hydrogens is 537 g/mol. The second-order valence-corrected chi connectivity index (χ2v) is 9.78. The van der Waals surface area contributed by atoms with E-state index in [1.807, 2.05) is 0 Å². The monoisotopic (exact) mass is 564 g/mol. The van der Waals surface area contributed by atoms with E-state index in [2.05, 4.69) is 14.2 Å². The minimum Gasteiger partial charge on any atom is -0.458 e. The second-order valence-electron chi connectivity index (χ2n) is 8.32. The van der Waals surface area contributed by atoms with Crippen LogP contribution in [0.2, 0.25) is 0 Å². The molecule has 2 N–H and O–H groups in total. The van der Waals surface area contributed by atoms with E-state index >= 15 is 0 Å². The normalized spacial score (nSPS) is 18.8. The van der Waals surface area contributed by atoms with Crippen molar-refractivity contribution in [1.82, 2.24) is 0 Å². The maximum absolute atomic E-state index is 14.0. The van der Waals surface area contributed by atoms with Crippen LogP contribution in [-0.4, -0.2) is 72.5 Å².